The van der Waals surface area contributed by atoms with Crippen molar-refractivity contribution in [1.29, 1.82) is 0 Å². The van der Waals surface area contributed by atoms with Gasteiger partial charge in [0.25, 0.3) is 0 Å². The summed E-state index contributed by atoms with van der Waals surface area (Å²) in [4.78, 5) is 0. The Morgan fingerprint density at radius 1 is 1.38 bits per heavy atom. The van der Waals surface area contributed by atoms with Crippen molar-refractivity contribution in [3.05, 3.63) is 29.8 Å². The van der Waals surface area contributed by atoms with Crippen LogP contribution in [0.1, 0.15) is 44.7 Å². The van der Waals surface area contributed by atoms with E-state index in [1.165, 1.54) is 18.4 Å². The summed E-state index contributed by atoms with van der Waals surface area (Å²) >= 11 is 0. The predicted molar refractivity (Wildman–Crippen MR) is 66.5 cm³/mol. The molecule has 0 saturated heterocycles. The minimum absolute atomic E-state index is 0.128. The lowest BCUT2D eigenvalue weighted by atomic mass is 9.98. The van der Waals surface area contributed by atoms with Crippen LogP contribution in [0.5, 0.6) is 5.75 Å². The van der Waals surface area contributed by atoms with Gasteiger partial charge in [0.15, 0.2) is 0 Å². The van der Waals surface area contributed by atoms with Crippen LogP contribution in [0.4, 0.5) is 0 Å². The van der Waals surface area contributed by atoms with Gasteiger partial charge in [-0.1, -0.05) is 26.0 Å². The molecule has 1 saturated carbocycles. The molecule has 88 valence electrons. The molecule has 1 aliphatic rings. The summed E-state index contributed by atoms with van der Waals surface area (Å²) in [5, 5.41) is 0. The number of ether oxygens (including phenoxy) is 1. The first-order chi connectivity index (χ1) is 7.65. The molecular formula is C14H21NO. The molecule has 0 aliphatic heterocycles. The van der Waals surface area contributed by atoms with Gasteiger partial charge in [0.05, 0.1) is 6.10 Å². The molecule has 1 atom stereocenters. The lowest BCUT2D eigenvalue weighted by Gasteiger charge is -2.15. The van der Waals surface area contributed by atoms with E-state index < -0.39 is 0 Å². The molecule has 0 amide bonds. The quantitative estimate of drug-likeness (QED) is 0.825. The van der Waals surface area contributed by atoms with Gasteiger partial charge in [-0.15, -0.1) is 0 Å². The van der Waals surface area contributed by atoms with Crippen molar-refractivity contribution in [2.45, 2.75) is 45.3 Å². The average Bonchev–Trinajstić information content (AvgIpc) is 3.01. The number of nitrogens with two attached hydrogens (primary N) is 1. The molecule has 16 heavy (non-hydrogen) atoms. The summed E-state index contributed by atoms with van der Waals surface area (Å²) in [5.74, 6) is 1.60. The fraction of sp³-hybridized carbons (Fsp3) is 0.571. The van der Waals surface area contributed by atoms with Gasteiger partial charge >= 0.3 is 0 Å². The highest BCUT2D eigenvalue weighted by molar-refractivity contribution is 5.30. The van der Waals surface area contributed by atoms with Crippen molar-refractivity contribution in [2.24, 2.45) is 11.7 Å². The second-order valence-corrected chi connectivity index (χ2v) is 5.13. The first-order valence-electron chi connectivity index (χ1n) is 6.17. The third-order valence-corrected chi connectivity index (χ3v) is 2.84. The first kappa shape index (κ1) is 11.5. The highest BCUT2D eigenvalue weighted by atomic mass is 16.5. The van der Waals surface area contributed by atoms with Crippen molar-refractivity contribution in [1.82, 2.24) is 0 Å². The first-order valence-corrected chi connectivity index (χ1v) is 6.17. The van der Waals surface area contributed by atoms with E-state index >= 15 is 0 Å². The smallest absolute Gasteiger partial charge is 0.120 e. The van der Waals surface area contributed by atoms with Crippen LogP contribution in [0.15, 0.2) is 24.3 Å². The molecule has 0 heterocycles. The molecule has 0 radical (unpaired) electrons. The normalized spacial score (nSPS) is 17.5. The minimum atomic E-state index is 0.128. The zero-order valence-corrected chi connectivity index (χ0v) is 10.1. The molecule has 1 aromatic rings. The van der Waals surface area contributed by atoms with Gasteiger partial charge in [0.1, 0.15) is 5.75 Å². The summed E-state index contributed by atoms with van der Waals surface area (Å²) in [6.45, 7) is 4.40. The van der Waals surface area contributed by atoms with Gasteiger partial charge in [0, 0.05) is 6.04 Å². The Morgan fingerprint density at radius 3 is 2.75 bits per heavy atom. The molecule has 1 fully saturated rings. The third kappa shape index (κ3) is 3.24. The van der Waals surface area contributed by atoms with E-state index in [1.54, 1.807) is 0 Å². The van der Waals surface area contributed by atoms with Crippen LogP contribution < -0.4 is 10.5 Å². The van der Waals surface area contributed by atoms with Gasteiger partial charge in [-0.25, -0.2) is 0 Å². The van der Waals surface area contributed by atoms with Gasteiger partial charge in [-0.05, 0) is 42.9 Å². The number of benzene rings is 1. The third-order valence-electron chi connectivity index (χ3n) is 2.84. The molecule has 0 spiro atoms. The van der Waals surface area contributed by atoms with Crippen molar-refractivity contribution in [3.63, 3.8) is 0 Å². The van der Waals surface area contributed by atoms with Gasteiger partial charge < -0.3 is 10.5 Å². The lowest BCUT2D eigenvalue weighted by Crippen LogP contribution is -2.13. The largest absolute Gasteiger partial charge is 0.490 e. The zero-order valence-electron chi connectivity index (χ0n) is 10.1. The number of rotatable bonds is 5. The number of hydrogen-bond donors (Lipinski definition) is 1. The monoisotopic (exact) mass is 219 g/mol. The van der Waals surface area contributed by atoms with Crippen molar-refractivity contribution >= 4 is 0 Å². The maximum Gasteiger partial charge on any atom is 0.120 e. The Hall–Kier alpha value is -1.02. The predicted octanol–water partition coefficient (Wildman–Crippen LogP) is 3.27. The molecule has 2 nitrogen and oxygen atoms in total. The molecule has 2 rings (SSSR count). The summed E-state index contributed by atoms with van der Waals surface area (Å²) in [5.41, 5.74) is 7.34. The Balaban J connectivity index is 2.02. The van der Waals surface area contributed by atoms with E-state index in [2.05, 4.69) is 26.0 Å². The molecule has 2 N–H and O–H groups in total. The van der Waals surface area contributed by atoms with Crippen molar-refractivity contribution < 1.29 is 4.74 Å². The molecule has 0 bridgehead atoms. The highest BCUT2D eigenvalue weighted by Gasteiger charge is 2.23. The van der Waals surface area contributed by atoms with Crippen LogP contribution in [-0.4, -0.2) is 6.10 Å². The summed E-state index contributed by atoms with van der Waals surface area (Å²) < 4.78 is 5.77. The van der Waals surface area contributed by atoms with Gasteiger partial charge in [-0.3, -0.25) is 0 Å². The highest BCUT2D eigenvalue weighted by Crippen LogP contribution is 2.28. The Morgan fingerprint density at radius 2 is 2.12 bits per heavy atom. The van der Waals surface area contributed by atoms with E-state index in [4.69, 9.17) is 10.5 Å². The molecule has 0 aromatic heterocycles. The maximum atomic E-state index is 6.16. The van der Waals surface area contributed by atoms with Gasteiger partial charge in [0.2, 0.25) is 0 Å². The van der Waals surface area contributed by atoms with E-state index in [0.717, 1.165) is 12.2 Å². The van der Waals surface area contributed by atoms with E-state index in [9.17, 15) is 0 Å². The topological polar surface area (TPSA) is 35.2 Å². The molecule has 1 unspecified atom stereocenters. The van der Waals surface area contributed by atoms with E-state index in [-0.39, 0.29) is 6.04 Å². The lowest BCUT2D eigenvalue weighted by molar-refractivity contribution is 0.302. The van der Waals surface area contributed by atoms with Crippen LogP contribution in [-0.2, 0) is 0 Å². The molecule has 1 aromatic carbocycles. The van der Waals surface area contributed by atoms with Crippen LogP contribution in [0.2, 0.25) is 0 Å². The van der Waals surface area contributed by atoms with Crippen LogP contribution in [0.25, 0.3) is 0 Å². The minimum Gasteiger partial charge on any atom is -0.490 e. The van der Waals surface area contributed by atoms with E-state index in [1.807, 2.05) is 12.1 Å². The Labute approximate surface area is 97.8 Å². The fourth-order valence-electron chi connectivity index (χ4n) is 1.84. The average molecular weight is 219 g/mol. The maximum absolute atomic E-state index is 6.16. The van der Waals surface area contributed by atoms with E-state index in [0.29, 0.717) is 12.0 Å². The summed E-state index contributed by atoms with van der Waals surface area (Å²) in [6, 6.07) is 8.36. The summed E-state index contributed by atoms with van der Waals surface area (Å²) in [6.07, 6.45) is 3.87. The van der Waals surface area contributed by atoms with Crippen molar-refractivity contribution in [3.8, 4) is 5.75 Å². The fourth-order valence-corrected chi connectivity index (χ4v) is 1.84. The van der Waals surface area contributed by atoms with Crippen LogP contribution in [0, 0.1) is 5.92 Å². The SMILES string of the molecule is CC(C)CC(N)c1cccc(OC2CC2)c1. The Bertz CT molecular complexity index is 344. The summed E-state index contributed by atoms with van der Waals surface area (Å²) in [7, 11) is 0. The standard InChI is InChI=1S/C14H21NO/c1-10(2)8-14(15)11-4-3-5-13(9-11)16-12-6-7-12/h3-5,9-10,12,14H,6-8,15H2,1-2H3. The second kappa shape index (κ2) is 4.88. The van der Waals surface area contributed by atoms with Gasteiger partial charge in [-0.2, -0.15) is 0 Å². The van der Waals surface area contributed by atoms with Crippen LogP contribution in [0.3, 0.4) is 0 Å². The molecule has 1 aliphatic carbocycles. The second-order valence-electron chi connectivity index (χ2n) is 5.13. The molecule has 2 heteroatoms. The van der Waals surface area contributed by atoms with Crippen molar-refractivity contribution in [2.75, 3.05) is 0 Å². The zero-order chi connectivity index (χ0) is 11.5. The Kier molecular flexibility index (Phi) is 3.49. The molecular weight excluding hydrogens is 198 g/mol. The number of hydrogen-bond acceptors (Lipinski definition) is 2. The van der Waals surface area contributed by atoms with Crippen LogP contribution >= 0.6 is 0 Å².